The molecule has 1 saturated carbocycles. The van der Waals surface area contributed by atoms with Crippen molar-refractivity contribution in [1.29, 1.82) is 0 Å². The standard InChI is InChI=1S/C21H24N4O2/c1-14-11-22-25(12-14)13-19-15(2)27-21(24-19)17-7-9-18(10-8-17)23-20(26)16-5-3-4-6-16/h7-12,16H,3-6,13H2,1-2H3,(H,23,26). The SMILES string of the molecule is Cc1cnn(Cc2nc(-c3ccc(NC(=O)C4CCCC4)cc3)oc2C)c1. The van der Waals surface area contributed by atoms with E-state index < -0.39 is 0 Å². The second kappa shape index (κ2) is 7.39. The molecule has 1 aromatic carbocycles. The van der Waals surface area contributed by atoms with E-state index in [0.29, 0.717) is 12.4 Å². The number of aromatic nitrogens is 3. The first kappa shape index (κ1) is 17.5. The summed E-state index contributed by atoms with van der Waals surface area (Å²) in [6.07, 6.45) is 8.11. The van der Waals surface area contributed by atoms with Crippen LogP contribution in [0.25, 0.3) is 11.5 Å². The van der Waals surface area contributed by atoms with E-state index in [1.165, 1.54) is 0 Å². The second-order valence-corrected chi connectivity index (χ2v) is 7.29. The number of hydrogen-bond acceptors (Lipinski definition) is 4. The Morgan fingerprint density at radius 3 is 2.63 bits per heavy atom. The zero-order valence-corrected chi connectivity index (χ0v) is 15.7. The van der Waals surface area contributed by atoms with Gasteiger partial charge in [0.25, 0.3) is 0 Å². The van der Waals surface area contributed by atoms with E-state index in [1.807, 2.05) is 55.2 Å². The molecule has 1 aliphatic carbocycles. The molecule has 0 unspecified atom stereocenters. The van der Waals surface area contributed by atoms with Crippen LogP contribution in [0.5, 0.6) is 0 Å². The second-order valence-electron chi connectivity index (χ2n) is 7.29. The number of nitrogens with one attached hydrogen (secondary N) is 1. The molecule has 0 saturated heterocycles. The van der Waals surface area contributed by atoms with Crippen LogP contribution in [0, 0.1) is 19.8 Å². The zero-order chi connectivity index (χ0) is 18.8. The third-order valence-corrected chi connectivity index (χ3v) is 5.09. The first-order chi connectivity index (χ1) is 13.1. The Bertz CT molecular complexity index is 934. The van der Waals surface area contributed by atoms with Crippen LogP contribution in [-0.2, 0) is 11.3 Å². The van der Waals surface area contributed by atoms with Gasteiger partial charge in [-0.2, -0.15) is 5.10 Å². The molecule has 0 aliphatic heterocycles. The molecule has 0 atom stereocenters. The summed E-state index contributed by atoms with van der Waals surface area (Å²) in [5.41, 5.74) is 3.68. The molecule has 3 aromatic rings. The highest BCUT2D eigenvalue weighted by molar-refractivity contribution is 5.92. The van der Waals surface area contributed by atoms with Gasteiger partial charge in [-0.3, -0.25) is 9.48 Å². The molecule has 4 rings (SSSR count). The highest BCUT2D eigenvalue weighted by Crippen LogP contribution is 2.27. The molecule has 1 aliphatic rings. The number of anilines is 1. The van der Waals surface area contributed by atoms with Gasteiger partial charge in [-0.05, 0) is 56.5 Å². The summed E-state index contributed by atoms with van der Waals surface area (Å²) >= 11 is 0. The Kier molecular flexibility index (Phi) is 4.79. The van der Waals surface area contributed by atoms with Crippen molar-refractivity contribution in [2.75, 3.05) is 5.32 Å². The molecule has 140 valence electrons. The third kappa shape index (κ3) is 3.94. The van der Waals surface area contributed by atoms with E-state index in [0.717, 1.165) is 54.0 Å². The zero-order valence-electron chi connectivity index (χ0n) is 15.7. The fourth-order valence-corrected chi connectivity index (χ4v) is 3.53. The summed E-state index contributed by atoms with van der Waals surface area (Å²) in [6.45, 7) is 4.51. The predicted octanol–water partition coefficient (Wildman–Crippen LogP) is 4.33. The number of benzene rings is 1. The molecule has 0 radical (unpaired) electrons. The number of hydrogen-bond donors (Lipinski definition) is 1. The number of oxazole rings is 1. The number of rotatable bonds is 5. The van der Waals surface area contributed by atoms with Crippen molar-refractivity contribution in [2.24, 2.45) is 5.92 Å². The Hall–Kier alpha value is -2.89. The lowest BCUT2D eigenvalue weighted by molar-refractivity contribution is -0.119. The summed E-state index contributed by atoms with van der Waals surface area (Å²) in [7, 11) is 0. The van der Waals surface area contributed by atoms with Gasteiger partial charge < -0.3 is 9.73 Å². The van der Waals surface area contributed by atoms with Gasteiger partial charge in [0.1, 0.15) is 11.5 Å². The molecule has 0 bridgehead atoms. The van der Waals surface area contributed by atoms with Gasteiger partial charge in [-0.25, -0.2) is 4.98 Å². The Labute approximate surface area is 158 Å². The highest BCUT2D eigenvalue weighted by atomic mass is 16.4. The van der Waals surface area contributed by atoms with Gasteiger partial charge in [-0.1, -0.05) is 12.8 Å². The van der Waals surface area contributed by atoms with E-state index >= 15 is 0 Å². The van der Waals surface area contributed by atoms with Crippen molar-refractivity contribution in [3.63, 3.8) is 0 Å². The first-order valence-corrected chi connectivity index (χ1v) is 9.45. The summed E-state index contributed by atoms with van der Waals surface area (Å²) in [4.78, 5) is 16.9. The molecule has 1 fully saturated rings. The molecular formula is C21H24N4O2. The highest BCUT2D eigenvalue weighted by Gasteiger charge is 2.22. The normalized spacial score (nSPS) is 14.6. The fraction of sp³-hybridized carbons (Fsp3) is 0.381. The van der Waals surface area contributed by atoms with Gasteiger partial charge >= 0.3 is 0 Å². The smallest absolute Gasteiger partial charge is 0.227 e. The largest absolute Gasteiger partial charge is 0.441 e. The van der Waals surface area contributed by atoms with E-state index in [4.69, 9.17) is 4.42 Å². The lowest BCUT2D eigenvalue weighted by Gasteiger charge is -2.10. The topological polar surface area (TPSA) is 73.0 Å². The Balaban J connectivity index is 1.45. The van der Waals surface area contributed by atoms with Crippen LogP contribution in [0.3, 0.4) is 0 Å². The van der Waals surface area contributed by atoms with Gasteiger partial charge in [0, 0.05) is 23.4 Å². The molecule has 27 heavy (non-hydrogen) atoms. The van der Waals surface area contributed by atoms with Crippen LogP contribution >= 0.6 is 0 Å². The van der Waals surface area contributed by atoms with Crippen LogP contribution < -0.4 is 5.32 Å². The van der Waals surface area contributed by atoms with Crippen molar-refractivity contribution in [3.8, 4) is 11.5 Å². The maximum Gasteiger partial charge on any atom is 0.227 e. The number of carbonyl (C=O) groups excluding carboxylic acids is 1. The van der Waals surface area contributed by atoms with Crippen molar-refractivity contribution in [2.45, 2.75) is 46.1 Å². The molecule has 1 amide bonds. The lowest BCUT2D eigenvalue weighted by atomic mass is 10.1. The Morgan fingerprint density at radius 1 is 1.22 bits per heavy atom. The molecule has 6 heteroatoms. The maximum absolute atomic E-state index is 12.2. The minimum absolute atomic E-state index is 0.129. The first-order valence-electron chi connectivity index (χ1n) is 9.45. The van der Waals surface area contributed by atoms with Crippen LogP contribution in [-0.4, -0.2) is 20.7 Å². The monoisotopic (exact) mass is 364 g/mol. The van der Waals surface area contributed by atoms with Crippen LogP contribution in [0.15, 0.2) is 41.1 Å². The summed E-state index contributed by atoms with van der Waals surface area (Å²) < 4.78 is 7.70. The molecule has 6 nitrogen and oxygen atoms in total. The average molecular weight is 364 g/mol. The summed E-state index contributed by atoms with van der Waals surface area (Å²) in [5.74, 6) is 1.66. The minimum atomic E-state index is 0.129. The fourth-order valence-electron chi connectivity index (χ4n) is 3.53. The number of aryl methyl sites for hydroxylation is 2. The Morgan fingerprint density at radius 2 is 1.96 bits per heavy atom. The van der Waals surface area contributed by atoms with Crippen LogP contribution in [0.2, 0.25) is 0 Å². The molecule has 2 aromatic heterocycles. The predicted molar refractivity (Wildman–Crippen MR) is 103 cm³/mol. The number of amides is 1. The van der Waals surface area contributed by atoms with Gasteiger partial charge in [0.15, 0.2) is 0 Å². The van der Waals surface area contributed by atoms with Crippen molar-refractivity contribution in [3.05, 3.63) is 53.7 Å². The van der Waals surface area contributed by atoms with Gasteiger partial charge in [0.2, 0.25) is 11.8 Å². The summed E-state index contributed by atoms with van der Waals surface area (Å²) in [5, 5.41) is 7.31. The maximum atomic E-state index is 12.2. The molecular weight excluding hydrogens is 340 g/mol. The number of nitrogens with zero attached hydrogens (tertiary/aromatic N) is 3. The summed E-state index contributed by atoms with van der Waals surface area (Å²) in [6, 6.07) is 7.66. The van der Waals surface area contributed by atoms with Gasteiger partial charge in [-0.15, -0.1) is 0 Å². The van der Waals surface area contributed by atoms with E-state index in [-0.39, 0.29) is 11.8 Å². The van der Waals surface area contributed by atoms with Crippen molar-refractivity contribution >= 4 is 11.6 Å². The van der Waals surface area contributed by atoms with Crippen LogP contribution in [0.4, 0.5) is 5.69 Å². The van der Waals surface area contributed by atoms with Gasteiger partial charge in [0.05, 0.1) is 12.7 Å². The van der Waals surface area contributed by atoms with Crippen molar-refractivity contribution in [1.82, 2.24) is 14.8 Å². The van der Waals surface area contributed by atoms with E-state index in [2.05, 4.69) is 15.4 Å². The lowest BCUT2D eigenvalue weighted by Crippen LogP contribution is -2.20. The van der Waals surface area contributed by atoms with E-state index in [1.54, 1.807) is 0 Å². The molecule has 2 heterocycles. The molecule has 1 N–H and O–H groups in total. The van der Waals surface area contributed by atoms with Crippen LogP contribution in [0.1, 0.15) is 42.7 Å². The number of carbonyl (C=O) groups is 1. The van der Waals surface area contributed by atoms with Crippen molar-refractivity contribution < 1.29 is 9.21 Å². The average Bonchev–Trinajstić information content (AvgIpc) is 3.39. The molecule has 0 spiro atoms. The van der Waals surface area contributed by atoms with E-state index in [9.17, 15) is 4.79 Å². The minimum Gasteiger partial charge on any atom is -0.441 e. The third-order valence-electron chi connectivity index (χ3n) is 5.09. The quantitative estimate of drug-likeness (QED) is 0.731.